The van der Waals surface area contributed by atoms with Gasteiger partial charge in [-0.2, -0.15) is 0 Å². The summed E-state index contributed by atoms with van der Waals surface area (Å²) in [6.45, 7) is 7.66. The largest absolute Gasteiger partial charge is 0.504 e. The summed E-state index contributed by atoms with van der Waals surface area (Å²) < 4.78 is 11.2. The molecule has 0 aromatic heterocycles. The fraction of sp³-hybridized carbons (Fsp3) is 0.357. The van der Waals surface area contributed by atoms with Crippen LogP contribution < -0.4 is 10.1 Å². The Morgan fingerprint density at radius 1 is 1.12 bits per heavy atom. The molecule has 4 rings (SSSR count). The molecule has 1 aliphatic heterocycles. The molecule has 2 aromatic carbocycles. The minimum Gasteiger partial charge on any atom is -0.504 e. The molecule has 0 fully saturated rings. The zero-order valence-electron chi connectivity index (χ0n) is 20.1. The Morgan fingerprint density at radius 2 is 1.85 bits per heavy atom. The van der Waals surface area contributed by atoms with E-state index in [0.29, 0.717) is 47.6 Å². The molecule has 2 aliphatic rings. The molecule has 178 valence electrons. The third kappa shape index (κ3) is 4.58. The number of carbonyl (C=O) groups is 2. The second-order valence-electron chi connectivity index (χ2n) is 9.04. The number of aromatic hydroxyl groups is 1. The van der Waals surface area contributed by atoms with Gasteiger partial charge in [0, 0.05) is 29.3 Å². The zero-order valence-corrected chi connectivity index (χ0v) is 20.1. The molecular formula is C28H31NO5. The minimum absolute atomic E-state index is 0.000912. The lowest BCUT2D eigenvalue weighted by Crippen LogP contribution is -2.36. The van der Waals surface area contributed by atoms with Gasteiger partial charge in [-0.3, -0.25) is 4.79 Å². The van der Waals surface area contributed by atoms with Crippen LogP contribution in [0, 0.1) is 0 Å². The summed E-state index contributed by atoms with van der Waals surface area (Å²) in [5.41, 5.74) is 4.32. The van der Waals surface area contributed by atoms with Crippen LogP contribution in [-0.2, 0) is 14.3 Å². The fourth-order valence-electron chi connectivity index (χ4n) is 4.86. The number of nitrogens with one attached hydrogen (secondary N) is 1. The Kier molecular flexibility index (Phi) is 6.77. The number of phenolic OH excluding ortho intramolecular Hbond substituents is 1. The van der Waals surface area contributed by atoms with Crippen LogP contribution in [0.5, 0.6) is 11.5 Å². The molecule has 6 nitrogen and oxygen atoms in total. The standard InChI is InChI=1S/C28H31NO5/c1-5-33-24-15-19(11-12-22(24)30)26-25(28(32)34-16(2)3)17(4)29-21-13-20(14-23(31)27(21)26)18-9-7-6-8-10-18/h6-12,15-16,20,26,29-30H,5,13-14H2,1-4H3/t20-,26-/m1/s1. The quantitative estimate of drug-likeness (QED) is 0.582. The molecule has 34 heavy (non-hydrogen) atoms. The van der Waals surface area contributed by atoms with E-state index in [9.17, 15) is 14.7 Å². The van der Waals surface area contributed by atoms with Crippen molar-refractivity contribution in [2.75, 3.05) is 6.61 Å². The van der Waals surface area contributed by atoms with Gasteiger partial charge in [-0.1, -0.05) is 36.4 Å². The third-order valence-corrected chi connectivity index (χ3v) is 6.28. The molecule has 0 bridgehead atoms. The predicted octanol–water partition coefficient (Wildman–Crippen LogP) is 5.10. The Balaban J connectivity index is 1.83. The van der Waals surface area contributed by atoms with Crippen LogP contribution in [0.15, 0.2) is 71.1 Å². The van der Waals surface area contributed by atoms with E-state index in [1.165, 1.54) is 0 Å². The highest BCUT2D eigenvalue weighted by atomic mass is 16.5. The van der Waals surface area contributed by atoms with Gasteiger partial charge in [0.25, 0.3) is 0 Å². The minimum atomic E-state index is -0.605. The van der Waals surface area contributed by atoms with Crippen molar-refractivity contribution in [3.8, 4) is 11.5 Å². The van der Waals surface area contributed by atoms with E-state index in [4.69, 9.17) is 9.47 Å². The van der Waals surface area contributed by atoms with Crippen LogP contribution in [0.4, 0.5) is 0 Å². The summed E-state index contributed by atoms with van der Waals surface area (Å²) in [6, 6.07) is 15.0. The summed E-state index contributed by atoms with van der Waals surface area (Å²) in [7, 11) is 0. The SMILES string of the molecule is CCOc1cc([C@@H]2C(C(=O)OC(C)C)=C(C)NC3=C2C(=O)C[C@H](c2ccccc2)C3)ccc1O. The van der Waals surface area contributed by atoms with E-state index < -0.39 is 11.9 Å². The van der Waals surface area contributed by atoms with Gasteiger partial charge in [-0.05, 0) is 63.3 Å². The molecule has 2 aromatic rings. The van der Waals surface area contributed by atoms with Gasteiger partial charge in [-0.25, -0.2) is 4.79 Å². The fourth-order valence-corrected chi connectivity index (χ4v) is 4.86. The van der Waals surface area contributed by atoms with Crippen LogP contribution in [-0.4, -0.2) is 29.6 Å². The highest BCUT2D eigenvalue weighted by molar-refractivity contribution is 6.04. The van der Waals surface area contributed by atoms with Gasteiger partial charge in [-0.15, -0.1) is 0 Å². The van der Waals surface area contributed by atoms with Crippen LogP contribution in [0.25, 0.3) is 0 Å². The molecule has 0 spiro atoms. The summed E-state index contributed by atoms with van der Waals surface area (Å²) in [5.74, 6) is -0.662. The molecule has 1 heterocycles. The van der Waals surface area contributed by atoms with E-state index in [-0.39, 0.29) is 23.6 Å². The molecule has 2 N–H and O–H groups in total. The van der Waals surface area contributed by atoms with Crippen molar-refractivity contribution in [3.63, 3.8) is 0 Å². The Hall–Kier alpha value is -3.54. The second-order valence-corrected chi connectivity index (χ2v) is 9.04. The summed E-state index contributed by atoms with van der Waals surface area (Å²) in [6.07, 6.45) is 0.734. The first-order valence-electron chi connectivity index (χ1n) is 11.8. The molecule has 0 amide bonds. The maximum atomic E-state index is 13.6. The summed E-state index contributed by atoms with van der Waals surface area (Å²) in [4.78, 5) is 26.8. The lowest BCUT2D eigenvalue weighted by Gasteiger charge is -2.37. The van der Waals surface area contributed by atoms with Gasteiger partial charge < -0.3 is 19.9 Å². The second kappa shape index (κ2) is 9.75. The molecule has 0 unspecified atom stereocenters. The van der Waals surface area contributed by atoms with Gasteiger partial charge >= 0.3 is 5.97 Å². The Morgan fingerprint density at radius 3 is 2.53 bits per heavy atom. The number of phenols is 1. The number of hydrogen-bond donors (Lipinski definition) is 2. The Bertz CT molecular complexity index is 1160. The van der Waals surface area contributed by atoms with E-state index >= 15 is 0 Å². The Labute approximate surface area is 200 Å². The van der Waals surface area contributed by atoms with Crippen molar-refractivity contribution < 1.29 is 24.2 Å². The van der Waals surface area contributed by atoms with Crippen LogP contribution in [0.1, 0.15) is 63.5 Å². The normalized spacial score (nSPS) is 20.2. The van der Waals surface area contributed by atoms with Crippen molar-refractivity contribution in [1.82, 2.24) is 5.32 Å². The number of Topliss-reactive ketones (excluding diaryl/α,β-unsaturated/α-hetero) is 1. The van der Waals surface area contributed by atoms with Crippen molar-refractivity contribution in [2.45, 2.75) is 58.5 Å². The smallest absolute Gasteiger partial charge is 0.337 e. The number of benzene rings is 2. The molecule has 6 heteroatoms. The molecule has 0 saturated heterocycles. The first-order chi connectivity index (χ1) is 16.3. The predicted molar refractivity (Wildman–Crippen MR) is 130 cm³/mol. The molecule has 0 radical (unpaired) electrons. The summed E-state index contributed by atoms with van der Waals surface area (Å²) >= 11 is 0. The first-order valence-corrected chi connectivity index (χ1v) is 11.8. The van der Waals surface area contributed by atoms with Crippen molar-refractivity contribution in [1.29, 1.82) is 0 Å². The molecule has 2 atom stereocenters. The zero-order chi connectivity index (χ0) is 24.4. The molecular weight excluding hydrogens is 430 g/mol. The van der Waals surface area contributed by atoms with E-state index in [2.05, 4.69) is 5.32 Å². The maximum absolute atomic E-state index is 13.6. The van der Waals surface area contributed by atoms with E-state index in [1.54, 1.807) is 32.0 Å². The average Bonchev–Trinajstić information content (AvgIpc) is 2.79. The number of allylic oxidation sites excluding steroid dienone is 3. The number of esters is 1. The lowest BCUT2D eigenvalue weighted by atomic mass is 9.71. The number of ketones is 1. The summed E-state index contributed by atoms with van der Waals surface area (Å²) in [5, 5.41) is 13.6. The highest BCUT2D eigenvalue weighted by Crippen LogP contribution is 2.47. The monoisotopic (exact) mass is 461 g/mol. The number of dihydropyridines is 1. The van der Waals surface area contributed by atoms with Gasteiger partial charge in [0.15, 0.2) is 17.3 Å². The van der Waals surface area contributed by atoms with E-state index in [1.807, 2.05) is 44.2 Å². The van der Waals surface area contributed by atoms with Crippen molar-refractivity contribution in [2.24, 2.45) is 0 Å². The average molecular weight is 462 g/mol. The van der Waals surface area contributed by atoms with Gasteiger partial charge in [0.2, 0.25) is 0 Å². The molecule has 0 saturated carbocycles. The lowest BCUT2D eigenvalue weighted by molar-refractivity contribution is -0.143. The van der Waals surface area contributed by atoms with Crippen molar-refractivity contribution in [3.05, 3.63) is 82.2 Å². The maximum Gasteiger partial charge on any atom is 0.337 e. The number of ether oxygens (including phenoxy) is 2. The van der Waals surface area contributed by atoms with E-state index in [0.717, 1.165) is 11.3 Å². The van der Waals surface area contributed by atoms with Crippen LogP contribution >= 0.6 is 0 Å². The highest BCUT2D eigenvalue weighted by Gasteiger charge is 2.41. The third-order valence-electron chi connectivity index (χ3n) is 6.28. The number of hydrogen-bond acceptors (Lipinski definition) is 6. The van der Waals surface area contributed by atoms with Crippen molar-refractivity contribution >= 4 is 11.8 Å². The molecule has 1 aliphatic carbocycles. The topological polar surface area (TPSA) is 84.9 Å². The number of rotatable bonds is 6. The van der Waals surface area contributed by atoms with Gasteiger partial charge in [0.05, 0.1) is 18.3 Å². The van der Waals surface area contributed by atoms with Crippen LogP contribution in [0.3, 0.4) is 0 Å². The first kappa shape index (κ1) is 23.6. The number of carbonyl (C=O) groups excluding carboxylic acids is 2. The van der Waals surface area contributed by atoms with Crippen LogP contribution in [0.2, 0.25) is 0 Å². The van der Waals surface area contributed by atoms with Gasteiger partial charge in [0.1, 0.15) is 0 Å².